The van der Waals surface area contributed by atoms with E-state index in [9.17, 15) is 4.79 Å². The van der Waals surface area contributed by atoms with Crippen molar-refractivity contribution in [1.29, 1.82) is 5.26 Å². The molecular formula is C14H12N2O3. The molecule has 19 heavy (non-hydrogen) atoms. The zero-order chi connectivity index (χ0) is 13.7. The van der Waals surface area contributed by atoms with E-state index in [0.717, 1.165) is 11.3 Å². The molecule has 0 atom stereocenters. The lowest BCUT2D eigenvalue weighted by molar-refractivity contribution is 0.0694. The number of hydrogen-bond acceptors (Lipinski definition) is 4. The van der Waals surface area contributed by atoms with Gasteiger partial charge in [0, 0.05) is 5.69 Å². The lowest BCUT2D eigenvalue weighted by Crippen LogP contribution is -2.04. The summed E-state index contributed by atoms with van der Waals surface area (Å²) in [5, 5.41) is 20.6. The summed E-state index contributed by atoms with van der Waals surface area (Å²) in [7, 11) is 0. The van der Waals surface area contributed by atoms with Gasteiger partial charge < -0.3 is 14.8 Å². The average Bonchev–Trinajstić information content (AvgIpc) is 2.87. The van der Waals surface area contributed by atoms with Crippen LogP contribution < -0.4 is 5.32 Å². The summed E-state index contributed by atoms with van der Waals surface area (Å²) in [4.78, 5) is 10.9. The number of nitriles is 1. The molecule has 0 amide bonds. The van der Waals surface area contributed by atoms with Gasteiger partial charge in [-0.15, -0.1) is 0 Å². The van der Waals surface area contributed by atoms with Crippen molar-refractivity contribution in [2.45, 2.75) is 13.0 Å². The summed E-state index contributed by atoms with van der Waals surface area (Å²) < 4.78 is 5.12. The Morgan fingerprint density at radius 2 is 2.05 bits per heavy atom. The Hall–Kier alpha value is -2.74. The predicted molar refractivity (Wildman–Crippen MR) is 68.8 cm³/mol. The van der Waals surface area contributed by atoms with Gasteiger partial charge in [-0.1, -0.05) is 12.1 Å². The SMILES string of the molecule is N#CCc1ccc(NCc2occc2C(=O)O)cc1. The van der Waals surface area contributed by atoms with Crippen molar-refractivity contribution in [3.8, 4) is 6.07 Å². The van der Waals surface area contributed by atoms with Crippen LogP contribution >= 0.6 is 0 Å². The van der Waals surface area contributed by atoms with Crippen LogP contribution in [0.1, 0.15) is 21.7 Å². The van der Waals surface area contributed by atoms with Crippen molar-refractivity contribution in [2.75, 3.05) is 5.32 Å². The number of anilines is 1. The molecule has 0 aliphatic rings. The van der Waals surface area contributed by atoms with Crippen molar-refractivity contribution < 1.29 is 14.3 Å². The number of hydrogen-bond donors (Lipinski definition) is 2. The normalized spacial score (nSPS) is 9.84. The highest BCUT2D eigenvalue weighted by molar-refractivity contribution is 5.88. The summed E-state index contributed by atoms with van der Waals surface area (Å²) in [6.45, 7) is 0.298. The Bertz CT molecular complexity index is 608. The van der Waals surface area contributed by atoms with Gasteiger partial charge in [0.05, 0.1) is 25.3 Å². The second-order valence-electron chi connectivity index (χ2n) is 3.95. The van der Waals surface area contributed by atoms with Gasteiger partial charge in [0.15, 0.2) is 0 Å². The first-order valence-electron chi connectivity index (χ1n) is 5.70. The first-order chi connectivity index (χ1) is 9.20. The van der Waals surface area contributed by atoms with Crippen LogP contribution in [0.2, 0.25) is 0 Å². The van der Waals surface area contributed by atoms with E-state index in [0.29, 0.717) is 18.7 Å². The lowest BCUT2D eigenvalue weighted by Gasteiger charge is -2.05. The quantitative estimate of drug-likeness (QED) is 0.858. The average molecular weight is 256 g/mol. The fraction of sp³-hybridized carbons (Fsp3) is 0.143. The van der Waals surface area contributed by atoms with Crippen LogP contribution in [0.25, 0.3) is 0 Å². The highest BCUT2D eigenvalue weighted by Crippen LogP contribution is 2.15. The van der Waals surface area contributed by atoms with Gasteiger partial charge in [0.2, 0.25) is 0 Å². The smallest absolute Gasteiger partial charge is 0.339 e. The molecule has 0 unspecified atom stereocenters. The van der Waals surface area contributed by atoms with E-state index in [1.54, 1.807) is 0 Å². The Labute approximate surface area is 110 Å². The minimum absolute atomic E-state index is 0.161. The van der Waals surface area contributed by atoms with Gasteiger partial charge in [-0.25, -0.2) is 4.79 Å². The molecule has 2 N–H and O–H groups in total. The summed E-state index contributed by atoms with van der Waals surface area (Å²) in [6.07, 6.45) is 1.73. The van der Waals surface area contributed by atoms with Gasteiger partial charge in [-0.3, -0.25) is 0 Å². The maximum Gasteiger partial charge on any atom is 0.339 e. The standard InChI is InChI=1S/C14H12N2O3/c15-7-5-10-1-3-11(4-2-10)16-9-13-12(14(17)18)6-8-19-13/h1-4,6,8,16H,5,9H2,(H,17,18). The Morgan fingerprint density at radius 3 is 2.68 bits per heavy atom. The van der Waals surface area contributed by atoms with Gasteiger partial charge in [0.1, 0.15) is 11.3 Å². The number of carboxylic acids is 1. The second-order valence-corrected chi connectivity index (χ2v) is 3.95. The summed E-state index contributed by atoms with van der Waals surface area (Å²) >= 11 is 0. The molecule has 0 bridgehead atoms. The summed E-state index contributed by atoms with van der Waals surface area (Å²) in [6, 6.07) is 10.9. The molecule has 1 aromatic heterocycles. The predicted octanol–water partition coefficient (Wildman–Crippen LogP) is 2.66. The zero-order valence-corrected chi connectivity index (χ0v) is 10.1. The number of nitrogens with one attached hydrogen (secondary N) is 1. The van der Waals surface area contributed by atoms with Crippen molar-refractivity contribution in [3.05, 3.63) is 53.5 Å². The number of carbonyl (C=O) groups is 1. The molecule has 96 valence electrons. The van der Waals surface area contributed by atoms with E-state index in [4.69, 9.17) is 14.8 Å². The first-order valence-corrected chi connectivity index (χ1v) is 5.70. The molecule has 0 aliphatic heterocycles. The van der Waals surface area contributed by atoms with Crippen LogP contribution in [0.4, 0.5) is 5.69 Å². The van der Waals surface area contributed by atoms with E-state index in [1.165, 1.54) is 12.3 Å². The number of benzene rings is 1. The van der Waals surface area contributed by atoms with Crippen molar-refractivity contribution in [1.82, 2.24) is 0 Å². The van der Waals surface area contributed by atoms with Gasteiger partial charge in [0.25, 0.3) is 0 Å². The van der Waals surface area contributed by atoms with Gasteiger partial charge >= 0.3 is 5.97 Å². The molecule has 0 fully saturated rings. The monoisotopic (exact) mass is 256 g/mol. The summed E-state index contributed by atoms with van der Waals surface area (Å²) in [5.74, 6) is -0.622. The molecular weight excluding hydrogens is 244 g/mol. The van der Waals surface area contributed by atoms with Crippen LogP contribution in [0, 0.1) is 11.3 Å². The molecule has 1 heterocycles. The molecule has 0 spiro atoms. The van der Waals surface area contributed by atoms with Gasteiger partial charge in [-0.2, -0.15) is 5.26 Å². The molecule has 5 nitrogen and oxygen atoms in total. The molecule has 5 heteroatoms. The van der Waals surface area contributed by atoms with Crippen LogP contribution in [0.5, 0.6) is 0 Å². The van der Waals surface area contributed by atoms with E-state index in [-0.39, 0.29) is 5.56 Å². The number of rotatable bonds is 5. The summed E-state index contributed by atoms with van der Waals surface area (Å²) in [5.41, 5.74) is 1.94. The third-order valence-corrected chi connectivity index (χ3v) is 2.67. The Kier molecular flexibility index (Phi) is 3.84. The highest BCUT2D eigenvalue weighted by Gasteiger charge is 2.12. The molecule has 1 aromatic carbocycles. The lowest BCUT2D eigenvalue weighted by atomic mass is 10.1. The van der Waals surface area contributed by atoms with E-state index >= 15 is 0 Å². The number of aromatic carboxylic acids is 1. The largest absolute Gasteiger partial charge is 0.478 e. The van der Waals surface area contributed by atoms with E-state index in [1.807, 2.05) is 24.3 Å². The Morgan fingerprint density at radius 1 is 1.32 bits per heavy atom. The highest BCUT2D eigenvalue weighted by atomic mass is 16.4. The van der Waals surface area contributed by atoms with Crippen LogP contribution in [0.3, 0.4) is 0 Å². The zero-order valence-electron chi connectivity index (χ0n) is 10.1. The maximum atomic E-state index is 10.9. The number of furan rings is 1. The molecule has 2 aromatic rings. The minimum atomic E-state index is -1.00. The number of nitrogens with zero attached hydrogens (tertiary/aromatic N) is 1. The molecule has 0 radical (unpaired) electrons. The van der Waals surface area contributed by atoms with Crippen molar-refractivity contribution in [2.24, 2.45) is 0 Å². The van der Waals surface area contributed by atoms with Crippen molar-refractivity contribution in [3.63, 3.8) is 0 Å². The number of carboxylic acid groups (broad SMARTS) is 1. The molecule has 0 saturated carbocycles. The fourth-order valence-corrected chi connectivity index (χ4v) is 1.68. The molecule has 0 saturated heterocycles. The van der Waals surface area contributed by atoms with E-state index < -0.39 is 5.97 Å². The fourth-order valence-electron chi connectivity index (χ4n) is 1.68. The van der Waals surface area contributed by atoms with Crippen molar-refractivity contribution >= 4 is 11.7 Å². The van der Waals surface area contributed by atoms with Crippen LogP contribution in [-0.4, -0.2) is 11.1 Å². The second kappa shape index (κ2) is 5.74. The maximum absolute atomic E-state index is 10.9. The van der Waals surface area contributed by atoms with Crippen LogP contribution in [0.15, 0.2) is 41.0 Å². The first kappa shape index (κ1) is 12.7. The third kappa shape index (κ3) is 3.13. The minimum Gasteiger partial charge on any atom is -0.478 e. The molecule has 2 rings (SSSR count). The topological polar surface area (TPSA) is 86.3 Å². The third-order valence-electron chi connectivity index (χ3n) is 2.67. The Balaban J connectivity index is 2.00. The van der Waals surface area contributed by atoms with Gasteiger partial charge in [-0.05, 0) is 23.8 Å². The molecule has 0 aliphatic carbocycles. The van der Waals surface area contributed by atoms with E-state index in [2.05, 4.69) is 11.4 Å². The van der Waals surface area contributed by atoms with Crippen LogP contribution in [-0.2, 0) is 13.0 Å².